The Hall–Kier alpha value is -2.07. The van der Waals surface area contributed by atoms with Gasteiger partial charge in [0.05, 0.1) is 18.9 Å². The van der Waals surface area contributed by atoms with Gasteiger partial charge in [0.25, 0.3) is 0 Å². The zero-order chi connectivity index (χ0) is 13.9. The van der Waals surface area contributed by atoms with Gasteiger partial charge in [-0.1, -0.05) is 12.1 Å². The molecule has 1 unspecified atom stereocenters. The smallest absolute Gasteiger partial charge is 0.161 e. The number of ether oxygens (including phenoxy) is 2. The molecule has 1 aliphatic rings. The van der Waals surface area contributed by atoms with Crippen LogP contribution in [0.25, 0.3) is 0 Å². The number of pyridine rings is 1. The van der Waals surface area contributed by atoms with Gasteiger partial charge >= 0.3 is 0 Å². The minimum absolute atomic E-state index is 0.634. The average molecular weight is 271 g/mol. The summed E-state index contributed by atoms with van der Waals surface area (Å²) in [5.74, 6) is 1.42. The molecule has 104 valence electrons. The second kappa shape index (κ2) is 5.51. The van der Waals surface area contributed by atoms with Gasteiger partial charge in [-0.3, -0.25) is 4.98 Å². The number of aromatic nitrogens is 1. The molecular weight excluding hydrogens is 254 g/mol. The van der Waals surface area contributed by atoms with Crippen LogP contribution in [0.3, 0.4) is 0 Å². The van der Waals surface area contributed by atoms with E-state index in [1.165, 1.54) is 0 Å². The summed E-state index contributed by atoms with van der Waals surface area (Å²) in [6.07, 6.45) is 0.110. The maximum Gasteiger partial charge on any atom is 0.161 e. The topological polar surface area (TPSA) is 51.6 Å². The first-order valence-corrected chi connectivity index (χ1v) is 6.75. The van der Waals surface area contributed by atoms with Gasteiger partial charge in [0.2, 0.25) is 0 Å². The summed E-state index contributed by atoms with van der Waals surface area (Å²) < 4.78 is 11.2. The molecule has 0 saturated carbocycles. The standard InChI is InChI=1S/C16H17NO3/c1-11-4-2-5-13(17-11)16(18)12-6-7-14-15(10-12)20-9-3-8-19-14/h2,4-7,10,16,18H,3,8-9H2,1H3. The highest BCUT2D eigenvalue weighted by Gasteiger charge is 2.16. The fourth-order valence-electron chi connectivity index (χ4n) is 2.24. The van der Waals surface area contributed by atoms with E-state index in [0.29, 0.717) is 24.7 Å². The van der Waals surface area contributed by atoms with Gasteiger partial charge in [0.15, 0.2) is 11.5 Å². The number of aliphatic hydroxyl groups is 1. The second-order valence-corrected chi connectivity index (χ2v) is 4.86. The van der Waals surface area contributed by atoms with Crippen LogP contribution >= 0.6 is 0 Å². The molecule has 2 aromatic rings. The van der Waals surface area contributed by atoms with Crippen molar-refractivity contribution < 1.29 is 14.6 Å². The van der Waals surface area contributed by atoms with Crippen LogP contribution in [-0.4, -0.2) is 23.3 Å². The van der Waals surface area contributed by atoms with E-state index in [1.807, 2.05) is 43.3 Å². The summed E-state index contributed by atoms with van der Waals surface area (Å²) in [5, 5.41) is 10.4. The van der Waals surface area contributed by atoms with Crippen LogP contribution in [0.15, 0.2) is 36.4 Å². The van der Waals surface area contributed by atoms with Gasteiger partial charge in [-0.05, 0) is 36.8 Å². The SMILES string of the molecule is Cc1cccc(C(O)c2ccc3c(c2)OCCCO3)n1. The maximum absolute atomic E-state index is 10.4. The van der Waals surface area contributed by atoms with E-state index in [2.05, 4.69) is 4.98 Å². The number of aliphatic hydroxyl groups excluding tert-OH is 1. The van der Waals surface area contributed by atoms with Crippen molar-refractivity contribution >= 4 is 0 Å². The molecule has 1 aliphatic heterocycles. The normalized spacial score (nSPS) is 15.5. The monoisotopic (exact) mass is 271 g/mol. The summed E-state index contributed by atoms with van der Waals surface area (Å²) >= 11 is 0. The van der Waals surface area contributed by atoms with Crippen LogP contribution in [0.4, 0.5) is 0 Å². The zero-order valence-electron chi connectivity index (χ0n) is 11.4. The van der Waals surface area contributed by atoms with Crippen molar-refractivity contribution in [3.05, 3.63) is 53.3 Å². The fourth-order valence-corrected chi connectivity index (χ4v) is 2.24. The van der Waals surface area contributed by atoms with Crippen LogP contribution in [0.2, 0.25) is 0 Å². The van der Waals surface area contributed by atoms with Crippen molar-refractivity contribution in [2.24, 2.45) is 0 Å². The Bertz CT molecular complexity index is 612. The summed E-state index contributed by atoms with van der Waals surface area (Å²) in [6.45, 7) is 3.20. The molecule has 0 spiro atoms. The van der Waals surface area contributed by atoms with Crippen LogP contribution in [0.5, 0.6) is 11.5 Å². The van der Waals surface area contributed by atoms with Gasteiger partial charge in [0.1, 0.15) is 6.10 Å². The second-order valence-electron chi connectivity index (χ2n) is 4.86. The van der Waals surface area contributed by atoms with Crippen molar-refractivity contribution in [3.8, 4) is 11.5 Å². The molecule has 2 heterocycles. The molecule has 20 heavy (non-hydrogen) atoms. The van der Waals surface area contributed by atoms with Gasteiger partial charge in [-0.25, -0.2) is 0 Å². The third kappa shape index (κ3) is 2.60. The highest BCUT2D eigenvalue weighted by molar-refractivity contribution is 5.45. The molecular formula is C16H17NO3. The zero-order valence-corrected chi connectivity index (χ0v) is 11.4. The molecule has 1 aromatic carbocycles. The highest BCUT2D eigenvalue weighted by Crippen LogP contribution is 2.33. The molecule has 4 nitrogen and oxygen atoms in total. The molecule has 1 atom stereocenters. The summed E-state index contributed by atoms with van der Waals surface area (Å²) in [7, 11) is 0. The minimum Gasteiger partial charge on any atom is -0.490 e. The minimum atomic E-state index is -0.757. The number of rotatable bonds is 2. The van der Waals surface area contributed by atoms with Crippen LogP contribution in [0, 0.1) is 6.92 Å². The predicted octanol–water partition coefficient (Wildman–Crippen LogP) is 2.63. The van der Waals surface area contributed by atoms with E-state index >= 15 is 0 Å². The highest BCUT2D eigenvalue weighted by atomic mass is 16.5. The maximum atomic E-state index is 10.4. The average Bonchev–Trinajstić information content (AvgIpc) is 2.71. The quantitative estimate of drug-likeness (QED) is 0.912. The molecule has 1 aromatic heterocycles. The summed E-state index contributed by atoms with van der Waals surface area (Å²) in [4.78, 5) is 4.36. The number of hydrogen-bond acceptors (Lipinski definition) is 4. The third-order valence-electron chi connectivity index (χ3n) is 3.28. The molecule has 0 amide bonds. The lowest BCUT2D eigenvalue weighted by molar-refractivity contribution is 0.214. The Balaban J connectivity index is 1.92. The first-order valence-electron chi connectivity index (χ1n) is 6.75. The van der Waals surface area contributed by atoms with Crippen molar-refractivity contribution in [1.82, 2.24) is 4.98 Å². The number of fused-ring (bicyclic) bond motifs is 1. The number of benzene rings is 1. The van der Waals surface area contributed by atoms with Gasteiger partial charge < -0.3 is 14.6 Å². The van der Waals surface area contributed by atoms with Crippen molar-refractivity contribution in [2.75, 3.05) is 13.2 Å². The summed E-state index contributed by atoms with van der Waals surface area (Å²) in [6, 6.07) is 11.1. The molecule has 4 heteroatoms. The molecule has 0 radical (unpaired) electrons. The van der Waals surface area contributed by atoms with E-state index in [-0.39, 0.29) is 0 Å². The van der Waals surface area contributed by atoms with E-state index in [4.69, 9.17) is 9.47 Å². The van der Waals surface area contributed by atoms with Gasteiger partial charge in [-0.15, -0.1) is 0 Å². The van der Waals surface area contributed by atoms with Crippen molar-refractivity contribution in [1.29, 1.82) is 0 Å². The molecule has 0 aliphatic carbocycles. The molecule has 0 bridgehead atoms. The first kappa shape index (κ1) is 12.9. The third-order valence-corrected chi connectivity index (χ3v) is 3.28. The summed E-state index contributed by atoms with van der Waals surface area (Å²) in [5.41, 5.74) is 2.28. The Morgan fingerprint density at radius 2 is 1.90 bits per heavy atom. The van der Waals surface area contributed by atoms with Crippen molar-refractivity contribution in [2.45, 2.75) is 19.4 Å². The largest absolute Gasteiger partial charge is 0.490 e. The lowest BCUT2D eigenvalue weighted by Crippen LogP contribution is -2.04. The Morgan fingerprint density at radius 3 is 2.70 bits per heavy atom. The Labute approximate surface area is 118 Å². The lowest BCUT2D eigenvalue weighted by Gasteiger charge is -2.14. The fraction of sp³-hybridized carbons (Fsp3) is 0.312. The Morgan fingerprint density at radius 1 is 1.10 bits per heavy atom. The predicted molar refractivity (Wildman–Crippen MR) is 75.1 cm³/mol. The van der Waals surface area contributed by atoms with E-state index in [9.17, 15) is 5.11 Å². The van der Waals surface area contributed by atoms with Gasteiger partial charge in [0, 0.05) is 12.1 Å². The molecule has 3 rings (SSSR count). The van der Waals surface area contributed by atoms with Crippen LogP contribution in [-0.2, 0) is 0 Å². The lowest BCUT2D eigenvalue weighted by atomic mass is 10.1. The molecule has 0 fully saturated rings. The van der Waals surface area contributed by atoms with E-state index in [0.717, 1.165) is 23.4 Å². The van der Waals surface area contributed by atoms with Gasteiger partial charge in [-0.2, -0.15) is 0 Å². The molecule has 1 N–H and O–H groups in total. The van der Waals surface area contributed by atoms with Crippen molar-refractivity contribution in [3.63, 3.8) is 0 Å². The first-order chi connectivity index (χ1) is 9.74. The van der Waals surface area contributed by atoms with Crippen LogP contribution < -0.4 is 9.47 Å². The van der Waals surface area contributed by atoms with Crippen LogP contribution in [0.1, 0.15) is 29.5 Å². The van der Waals surface area contributed by atoms with E-state index in [1.54, 1.807) is 0 Å². The van der Waals surface area contributed by atoms with E-state index < -0.39 is 6.10 Å². The Kier molecular flexibility index (Phi) is 3.56. The molecule has 0 saturated heterocycles. The number of nitrogens with zero attached hydrogens (tertiary/aromatic N) is 1. The number of aryl methyl sites for hydroxylation is 1. The number of hydrogen-bond donors (Lipinski definition) is 1.